The minimum Gasteiger partial charge on any atom is -0.504 e. The van der Waals surface area contributed by atoms with E-state index in [0.29, 0.717) is 37.1 Å². The number of amides is 1. The van der Waals surface area contributed by atoms with Crippen molar-refractivity contribution in [3.8, 4) is 23.0 Å². The van der Waals surface area contributed by atoms with Crippen molar-refractivity contribution >= 4 is 29.8 Å². The Balaban J connectivity index is 1.83. The summed E-state index contributed by atoms with van der Waals surface area (Å²) in [4.78, 5) is 40.7. The minimum atomic E-state index is -0.596. The van der Waals surface area contributed by atoms with Crippen molar-refractivity contribution in [2.45, 2.75) is 39.2 Å². The second-order valence-corrected chi connectivity index (χ2v) is 10.6. The van der Waals surface area contributed by atoms with Crippen LogP contribution in [-0.2, 0) is 14.3 Å². The van der Waals surface area contributed by atoms with Crippen molar-refractivity contribution in [2.75, 3.05) is 27.3 Å². The number of carbonyl (C=O) groups excluding carboxylic acids is 3. The van der Waals surface area contributed by atoms with E-state index >= 15 is 0 Å². The average Bonchev–Trinajstić information content (AvgIpc) is 2.94. The molecule has 1 aliphatic heterocycles. The van der Waals surface area contributed by atoms with E-state index in [9.17, 15) is 24.6 Å². The molecule has 218 valence electrons. The third-order valence-electron chi connectivity index (χ3n) is 6.39. The van der Waals surface area contributed by atoms with Crippen LogP contribution in [0.15, 0.2) is 60.2 Å². The fraction of sp³-hybridized carbons (Fsp3) is 0.344. The number of methoxy groups -OCH3 is 2. The lowest BCUT2D eigenvalue weighted by molar-refractivity contribution is -0.116. The van der Waals surface area contributed by atoms with Gasteiger partial charge < -0.3 is 29.3 Å². The second kappa shape index (κ2) is 13.7. The summed E-state index contributed by atoms with van der Waals surface area (Å²) in [5.74, 6) is -0.596. The average molecular weight is 564 g/mol. The summed E-state index contributed by atoms with van der Waals surface area (Å²) in [6.45, 7) is 6.32. The molecule has 9 heteroatoms. The van der Waals surface area contributed by atoms with Crippen molar-refractivity contribution < 1.29 is 38.8 Å². The molecule has 1 heterocycles. The molecule has 0 atom stereocenters. The van der Waals surface area contributed by atoms with Gasteiger partial charge in [-0.3, -0.25) is 9.59 Å². The zero-order valence-corrected chi connectivity index (χ0v) is 24.0. The molecule has 0 radical (unpaired) electrons. The predicted molar refractivity (Wildman–Crippen MR) is 156 cm³/mol. The molecule has 0 aromatic heterocycles. The maximum absolute atomic E-state index is 13.3. The number of hydrogen-bond acceptors (Lipinski definition) is 8. The largest absolute Gasteiger partial charge is 0.504 e. The Kier molecular flexibility index (Phi) is 10.4. The molecule has 1 fully saturated rings. The third kappa shape index (κ3) is 8.99. The molecule has 1 saturated heterocycles. The first-order chi connectivity index (χ1) is 19.4. The van der Waals surface area contributed by atoms with Crippen molar-refractivity contribution in [3.63, 3.8) is 0 Å². The van der Waals surface area contributed by atoms with Crippen molar-refractivity contribution in [1.82, 2.24) is 4.90 Å². The Hall–Kier alpha value is -4.53. The first kappa shape index (κ1) is 31.0. The number of ketones is 2. The van der Waals surface area contributed by atoms with Crippen molar-refractivity contribution in [3.05, 3.63) is 71.3 Å². The lowest BCUT2D eigenvalue weighted by Gasteiger charge is -2.32. The van der Waals surface area contributed by atoms with Gasteiger partial charge in [-0.1, -0.05) is 30.4 Å². The van der Waals surface area contributed by atoms with Gasteiger partial charge in [0, 0.05) is 13.1 Å². The predicted octanol–water partition coefficient (Wildman–Crippen LogP) is 5.55. The van der Waals surface area contributed by atoms with E-state index in [1.807, 2.05) is 20.8 Å². The molecule has 1 amide bonds. The van der Waals surface area contributed by atoms with E-state index < -0.39 is 17.2 Å². The van der Waals surface area contributed by atoms with Gasteiger partial charge in [0.15, 0.2) is 34.6 Å². The van der Waals surface area contributed by atoms with Crippen LogP contribution in [0.25, 0.3) is 12.2 Å². The SMILES string of the molecule is COc1cc(/C=C/C(=O)C(=CC2CCN(C(=O)OC(C)(C)C)CC2)C(=O)/C=C/c2ccc(O)c(OC)c2)ccc1O. The molecule has 0 aliphatic carbocycles. The molecule has 41 heavy (non-hydrogen) atoms. The monoisotopic (exact) mass is 563 g/mol. The number of ether oxygens (including phenoxy) is 3. The number of benzene rings is 2. The number of allylic oxidation sites excluding steroid dienone is 4. The Morgan fingerprint density at radius 3 is 1.71 bits per heavy atom. The van der Waals surface area contributed by atoms with Gasteiger partial charge >= 0.3 is 6.09 Å². The van der Waals surface area contributed by atoms with Crippen LogP contribution in [-0.4, -0.2) is 65.7 Å². The van der Waals surface area contributed by atoms with Crippen LogP contribution in [0, 0.1) is 5.92 Å². The van der Waals surface area contributed by atoms with E-state index in [1.165, 1.54) is 38.5 Å². The van der Waals surface area contributed by atoms with Crippen molar-refractivity contribution in [2.24, 2.45) is 5.92 Å². The normalized spacial score (nSPS) is 14.2. The fourth-order valence-electron chi connectivity index (χ4n) is 4.22. The number of carbonyl (C=O) groups is 3. The Bertz CT molecular complexity index is 1280. The number of rotatable bonds is 9. The zero-order chi connectivity index (χ0) is 30.2. The molecule has 2 aromatic rings. The van der Waals surface area contributed by atoms with Crippen LogP contribution in [0.3, 0.4) is 0 Å². The maximum Gasteiger partial charge on any atom is 0.410 e. The van der Waals surface area contributed by atoms with Crippen LogP contribution in [0.4, 0.5) is 4.79 Å². The number of aromatic hydroxyl groups is 2. The van der Waals surface area contributed by atoms with E-state index in [0.717, 1.165) is 0 Å². The molecule has 2 N–H and O–H groups in total. The summed E-state index contributed by atoms with van der Waals surface area (Å²) >= 11 is 0. The molecule has 3 rings (SSSR count). The van der Waals surface area contributed by atoms with Gasteiger partial charge in [0.2, 0.25) is 0 Å². The van der Waals surface area contributed by atoms with Crippen LogP contribution in [0.2, 0.25) is 0 Å². The quantitative estimate of drug-likeness (QED) is 0.231. The molecule has 0 bridgehead atoms. The number of hydrogen-bond donors (Lipinski definition) is 2. The summed E-state index contributed by atoms with van der Waals surface area (Å²) in [6, 6.07) is 9.31. The first-order valence-corrected chi connectivity index (χ1v) is 13.3. The van der Waals surface area contributed by atoms with Gasteiger partial charge in [-0.25, -0.2) is 4.79 Å². The van der Waals surface area contributed by atoms with Crippen LogP contribution in [0.1, 0.15) is 44.7 Å². The minimum absolute atomic E-state index is 0.00436. The summed E-state index contributed by atoms with van der Waals surface area (Å²) in [6.07, 6.45) is 8.15. The van der Waals surface area contributed by atoms with E-state index in [-0.39, 0.29) is 40.6 Å². The van der Waals surface area contributed by atoms with Crippen molar-refractivity contribution in [1.29, 1.82) is 0 Å². The molecule has 9 nitrogen and oxygen atoms in total. The highest BCUT2D eigenvalue weighted by Gasteiger charge is 2.27. The smallest absolute Gasteiger partial charge is 0.410 e. The Labute approximate surface area is 240 Å². The lowest BCUT2D eigenvalue weighted by Crippen LogP contribution is -2.41. The van der Waals surface area contributed by atoms with Gasteiger partial charge in [-0.15, -0.1) is 0 Å². The first-order valence-electron chi connectivity index (χ1n) is 13.3. The molecule has 0 saturated carbocycles. The standard InChI is InChI=1S/C32H37NO8/c1-32(2,3)41-31(38)33-16-14-23(15-17-33)18-24(25(34)10-6-21-8-12-27(36)29(19-21)39-4)26(35)11-7-22-9-13-28(37)30(20-22)40-5/h6-13,18-20,23,36-37H,14-17H2,1-5H3/b10-6+,11-7+. The maximum atomic E-state index is 13.3. The molecular formula is C32H37NO8. The highest BCUT2D eigenvalue weighted by Crippen LogP contribution is 2.28. The molecule has 1 aliphatic rings. The molecule has 0 spiro atoms. The van der Waals surface area contributed by atoms with Crippen LogP contribution >= 0.6 is 0 Å². The van der Waals surface area contributed by atoms with E-state index in [1.54, 1.807) is 47.4 Å². The summed E-state index contributed by atoms with van der Waals surface area (Å²) in [5.41, 5.74) is 0.626. The second-order valence-electron chi connectivity index (χ2n) is 10.6. The number of piperidine rings is 1. The number of likely N-dealkylation sites (tertiary alicyclic amines) is 1. The third-order valence-corrected chi connectivity index (χ3v) is 6.39. The van der Waals surface area contributed by atoms with E-state index in [4.69, 9.17) is 14.2 Å². The highest BCUT2D eigenvalue weighted by molar-refractivity contribution is 6.28. The number of phenols is 2. The summed E-state index contributed by atoms with van der Waals surface area (Å²) in [5, 5.41) is 19.7. The Morgan fingerprint density at radius 1 is 0.829 bits per heavy atom. The molecule has 2 aromatic carbocycles. The van der Waals surface area contributed by atoms with Crippen LogP contribution < -0.4 is 9.47 Å². The van der Waals surface area contributed by atoms with Gasteiger partial charge in [0.25, 0.3) is 0 Å². The highest BCUT2D eigenvalue weighted by atomic mass is 16.6. The lowest BCUT2D eigenvalue weighted by atomic mass is 9.91. The van der Waals surface area contributed by atoms with Gasteiger partial charge in [-0.05, 0) is 87.1 Å². The van der Waals surface area contributed by atoms with Gasteiger partial charge in [-0.2, -0.15) is 0 Å². The molecule has 0 unspecified atom stereocenters. The summed E-state index contributed by atoms with van der Waals surface area (Å²) in [7, 11) is 2.86. The topological polar surface area (TPSA) is 123 Å². The van der Waals surface area contributed by atoms with Gasteiger partial charge in [0.1, 0.15) is 5.60 Å². The molecular weight excluding hydrogens is 526 g/mol. The number of nitrogens with zero attached hydrogens (tertiary/aromatic N) is 1. The van der Waals surface area contributed by atoms with E-state index in [2.05, 4.69) is 0 Å². The van der Waals surface area contributed by atoms with Crippen LogP contribution in [0.5, 0.6) is 23.0 Å². The zero-order valence-electron chi connectivity index (χ0n) is 24.0. The fourth-order valence-corrected chi connectivity index (χ4v) is 4.22. The summed E-state index contributed by atoms with van der Waals surface area (Å²) < 4.78 is 15.7. The van der Waals surface area contributed by atoms with Gasteiger partial charge in [0.05, 0.1) is 19.8 Å². The Morgan fingerprint density at radius 2 is 1.29 bits per heavy atom. The number of phenolic OH excluding ortho intramolecular Hbond substituents is 2.